The van der Waals surface area contributed by atoms with Gasteiger partial charge in [0.25, 0.3) is 11.6 Å². The number of nitro groups is 1. The topological polar surface area (TPSA) is 169 Å². The van der Waals surface area contributed by atoms with E-state index in [-0.39, 0.29) is 43.7 Å². The smallest absolute Gasteiger partial charge is 0.284 e. The Kier molecular flexibility index (Phi) is 5.63. The molecule has 0 radical (unpaired) electrons. The second-order valence-corrected chi connectivity index (χ2v) is 9.87. The summed E-state index contributed by atoms with van der Waals surface area (Å²) in [5.74, 6) is -0.493. The number of ether oxygens (including phenoxy) is 1. The highest BCUT2D eigenvalue weighted by atomic mass is 32.3. The molecule has 14 heteroatoms. The van der Waals surface area contributed by atoms with Gasteiger partial charge in [0, 0.05) is 6.26 Å². The third-order valence-corrected chi connectivity index (χ3v) is 6.99. The number of fused-ring (bicyclic) bond motifs is 1. The summed E-state index contributed by atoms with van der Waals surface area (Å²) in [7, 11) is -3.64. The van der Waals surface area contributed by atoms with Crippen LogP contribution in [0.3, 0.4) is 0 Å². The van der Waals surface area contributed by atoms with Gasteiger partial charge in [0.1, 0.15) is 17.3 Å². The molecule has 2 aliphatic heterocycles. The molecule has 33 heavy (non-hydrogen) atoms. The van der Waals surface area contributed by atoms with Crippen molar-refractivity contribution in [3.05, 3.63) is 51.8 Å². The van der Waals surface area contributed by atoms with Gasteiger partial charge in [-0.2, -0.15) is 10.0 Å². The van der Waals surface area contributed by atoms with Crippen LogP contribution in [0.2, 0.25) is 0 Å². The van der Waals surface area contributed by atoms with Crippen molar-refractivity contribution in [2.24, 2.45) is 10.1 Å². The van der Waals surface area contributed by atoms with Crippen LogP contribution in [-0.4, -0.2) is 52.5 Å². The largest absolute Gasteiger partial charge is 0.494 e. The SMILES string of the molecule is CCOc1ccc(-c2ccc(/C=C3\C(=N)N4N=C(S(C)(=O)=O)SC4=NC3=O)o2)c([N+](=O)[O-])c1. The number of carbonyl (C=O) groups excluding carboxylic acids is 1. The fraction of sp³-hybridized carbons (Fsp3) is 0.158. The van der Waals surface area contributed by atoms with Crippen LogP contribution in [-0.2, 0) is 14.6 Å². The van der Waals surface area contributed by atoms with Crippen molar-refractivity contribution in [1.82, 2.24) is 5.01 Å². The molecule has 3 heterocycles. The maximum Gasteiger partial charge on any atom is 0.284 e. The molecule has 2 aliphatic rings. The summed E-state index contributed by atoms with van der Waals surface area (Å²) in [6, 6.07) is 7.33. The standard InChI is InChI=1S/C19H15N5O7S2/c1-3-30-10-4-6-12(14(9-10)24(26)27)15-7-5-11(31-15)8-13-16(20)23-18(21-17(13)25)32-19(22-23)33(2,28)29/h4-9,20H,3H2,1-2H3/b13-8+,20-16?. The van der Waals surface area contributed by atoms with Crippen molar-refractivity contribution < 1.29 is 27.3 Å². The van der Waals surface area contributed by atoms with Gasteiger partial charge in [0.15, 0.2) is 5.84 Å². The number of hydrogen-bond acceptors (Lipinski definition) is 10. The van der Waals surface area contributed by atoms with Crippen LogP contribution in [0.5, 0.6) is 5.75 Å². The average molecular weight is 489 g/mol. The number of sulfone groups is 1. The van der Waals surface area contributed by atoms with Crippen molar-refractivity contribution in [3.8, 4) is 17.1 Å². The maximum absolute atomic E-state index is 12.4. The van der Waals surface area contributed by atoms with E-state index in [4.69, 9.17) is 14.6 Å². The molecule has 1 amide bonds. The molecular weight excluding hydrogens is 474 g/mol. The van der Waals surface area contributed by atoms with Crippen molar-refractivity contribution in [2.45, 2.75) is 6.92 Å². The molecule has 1 aromatic carbocycles. The van der Waals surface area contributed by atoms with Gasteiger partial charge >= 0.3 is 0 Å². The zero-order valence-electron chi connectivity index (χ0n) is 17.1. The van der Waals surface area contributed by atoms with Gasteiger partial charge in [0.05, 0.1) is 28.7 Å². The Morgan fingerprint density at radius 2 is 2.09 bits per heavy atom. The molecule has 4 rings (SSSR count). The Morgan fingerprint density at radius 3 is 2.76 bits per heavy atom. The van der Waals surface area contributed by atoms with Crippen molar-refractivity contribution in [1.29, 1.82) is 5.41 Å². The molecule has 0 bridgehead atoms. The first-order valence-corrected chi connectivity index (χ1v) is 12.0. The fourth-order valence-electron chi connectivity index (χ4n) is 2.97. The third-order valence-electron chi connectivity index (χ3n) is 4.41. The predicted molar refractivity (Wildman–Crippen MR) is 122 cm³/mol. The second-order valence-electron chi connectivity index (χ2n) is 6.73. The van der Waals surface area contributed by atoms with Crippen LogP contribution in [0.15, 0.2) is 50.4 Å². The van der Waals surface area contributed by atoms with Crippen LogP contribution < -0.4 is 4.74 Å². The van der Waals surface area contributed by atoms with E-state index in [0.29, 0.717) is 24.1 Å². The molecule has 2 aromatic rings. The lowest BCUT2D eigenvalue weighted by Gasteiger charge is -2.19. The van der Waals surface area contributed by atoms with E-state index in [0.717, 1.165) is 11.3 Å². The van der Waals surface area contributed by atoms with E-state index in [1.165, 1.54) is 30.3 Å². The number of rotatable bonds is 5. The number of benzene rings is 1. The van der Waals surface area contributed by atoms with E-state index in [1.54, 1.807) is 13.0 Å². The minimum atomic E-state index is -3.64. The summed E-state index contributed by atoms with van der Waals surface area (Å²) >= 11 is 0.679. The summed E-state index contributed by atoms with van der Waals surface area (Å²) < 4.78 is 34.2. The van der Waals surface area contributed by atoms with E-state index >= 15 is 0 Å². The van der Waals surface area contributed by atoms with E-state index in [1.807, 2.05) is 0 Å². The van der Waals surface area contributed by atoms with Gasteiger partial charge in [0.2, 0.25) is 19.4 Å². The number of amides is 1. The van der Waals surface area contributed by atoms with Crippen molar-refractivity contribution in [3.63, 3.8) is 0 Å². The number of hydrazone groups is 1. The zero-order valence-corrected chi connectivity index (χ0v) is 18.8. The van der Waals surface area contributed by atoms with Crippen LogP contribution in [0.4, 0.5) is 5.69 Å². The Balaban J connectivity index is 1.67. The molecule has 0 fully saturated rings. The van der Waals surface area contributed by atoms with Gasteiger partial charge in [-0.05, 0) is 49.0 Å². The molecular formula is C19H15N5O7S2. The Bertz CT molecular complexity index is 1410. The fourth-order valence-corrected chi connectivity index (χ4v) is 4.65. The Hall–Kier alpha value is -3.78. The number of thioether (sulfide) groups is 1. The quantitative estimate of drug-likeness (QED) is 0.377. The summed E-state index contributed by atoms with van der Waals surface area (Å²) in [6.07, 6.45) is 2.21. The summed E-state index contributed by atoms with van der Waals surface area (Å²) in [5, 5.41) is 24.6. The first-order valence-electron chi connectivity index (χ1n) is 9.30. The van der Waals surface area contributed by atoms with Crippen molar-refractivity contribution in [2.75, 3.05) is 12.9 Å². The number of aliphatic imine (C=N–C) groups is 1. The average Bonchev–Trinajstić information content (AvgIpc) is 3.38. The molecule has 0 saturated carbocycles. The number of nitrogens with zero attached hydrogens (tertiary/aromatic N) is 4. The van der Waals surface area contributed by atoms with Crippen LogP contribution in [0, 0.1) is 15.5 Å². The highest BCUT2D eigenvalue weighted by Crippen LogP contribution is 2.35. The predicted octanol–water partition coefficient (Wildman–Crippen LogP) is 2.87. The van der Waals surface area contributed by atoms with E-state index in [2.05, 4.69) is 10.1 Å². The molecule has 0 atom stereocenters. The van der Waals surface area contributed by atoms with Crippen molar-refractivity contribution >= 4 is 54.6 Å². The second kappa shape index (κ2) is 8.29. The van der Waals surface area contributed by atoms with Gasteiger partial charge in [-0.25, -0.2) is 8.42 Å². The Morgan fingerprint density at radius 1 is 1.33 bits per heavy atom. The summed E-state index contributed by atoms with van der Waals surface area (Å²) in [4.78, 5) is 27.2. The van der Waals surface area contributed by atoms with Crippen LogP contribution >= 0.6 is 11.8 Å². The maximum atomic E-state index is 12.4. The summed E-state index contributed by atoms with van der Waals surface area (Å²) in [6.45, 7) is 2.11. The minimum Gasteiger partial charge on any atom is -0.494 e. The van der Waals surface area contributed by atoms with Gasteiger partial charge in [-0.15, -0.1) is 5.10 Å². The van der Waals surface area contributed by atoms with E-state index in [9.17, 15) is 23.3 Å². The number of nitrogens with one attached hydrogen (secondary N) is 1. The molecule has 0 spiro atoms. The first kappa shape index (κ1) is 22.4. The lowest BCUT2D eigenvalue weighted by atomic mass is 10.1. The number of nitro benzene ring substituents is 1. The Labute approximate surface area is 191 Å². The molecule has 12 nitrogen and oxygen atoms in total. The summed E-state index contributed by atoms with van der Waals surface area (Å²) in [5.41, 5.74) is -0.196. The highest BCUT2D eigenvalue weighted by Gasteiger charge is 2.38. The lowest BCUT2D eigenvalue weighted by molar-refractivity contribution is -0.384. The molecule has 0 unspecified atom stereocenters. The lowest BCUT2D eigenvalue weighted by Crippen LogP contribution is -2.35. The van der Waals surface area contributed by atoms with Gasteiger partial charge < -0.3 is 9.15 Å². The minimum absolute atomic E-state index is 0.0345. The molecule has 0 saturated heterocycles. The first-order chi connectivity index (χ1) is 15.6. The zero-order chi connectivity index (χ0) is 23.9. The van der Waals surface area contributed by atoms with Crippen LogP contribution in [0.1, 0.15) is 12.7 Å². The van der Waals surface area contributed by atoms with E-state index < -0.39 is 20.7 Å². The molecule has 170 valence electrons. The highest BCUT2D eigenvalue weighted by molar-refractivity contribution is 8.42. The van der Waals surface area contributed by atoms with Gasteiger partial charge in [-0.3, -0.25) is 20.3 Å². The molecule has 1 aromatic heterocycles. The number of furan rings is 1. The third kappa shape index (κ3) is 4.29. The van der Waals surface area contributed by atoms with Gasteiger partial charge in [-0.1, -0.05) is 0 Å². The monoisotopic (exact) mass is 489 g/mol. The number of carbonyl (C=O) groups is 1. The van der Waals surface area contributed by atoms with Crippen LogP contribution in [0.25, 0.3) is 17.4 Å². The number of amidine groups is 2. The number of hydrogen-bond donors (Lipinski definition) is 1. The molecule has 0 aliphatic carbocycles. The normalized spacial score (nSPS) is 17.2. The molecule has 1 N–H and O–H groups in total.